The average Bonchev–Trinajstić information content (AvgIpc) is 3.67. The van der Waals surface area contributed by atoms with Crippen LogP contribution in [0.5, 0.6) is 0 Å². The van der Waals surface area contributed by atoms with Crippen molar-refractivity contribution in [1.82, 2.24) is 15.5 Å². The predicted octanol–water partition coefficient (Wildman–Crippen LogP) is 5.26. The molecule has 3 heterocycles. The van der Waals surface area contributed by atoms with Gasteiger partial charge in [-0.1, -0.05) is 54.6 Å². The first kappa shape index (κ1) is 23.3. The number of nitrogens with zero attached hydrogens (tertiary/aromatic N) is 2. The number of benzene rings is 3. The second kappa shape index (κ2) is 10.1. The van der Waals surface area contributed by atoms with E-state index in [1.54, 1.807) is 7.11 Å². The minimum atomic E-state index is -0.00329. The topological polar surface area (TPSA) is 70.2 Å². The second-order valence-electron chi connectivity index (χ2n) is 9.70. The van der Waals surface area contributed by atoms with Crippen LogP contribution in [-0.4, -0.2) is 49.0 Å². The van der Waals surface area contributed by atoms with Gasteiger partial charge in [0.15, 0.2) is 0 Å². The van der Waals surface area contributed by atoms with E-state index in [1.807, 2.05) is 36.4 Å². The van der Waals surface area contributed by atoms with Gasteiger partial charge in [-0.15, -0.1) is 0 Å². The quantitative estimate of drug-likeness (QED) is 0.362. The summed E-state index contributed by atoms with van der Waals surface area (Å²) in [5.41, 5.74) is 7.11. The Morgan fingerprint density at radius 2 is 1.81 bits per heavy atom. The molecule has 1 aromatic heterocycles. The van der Waals surface area contributed by atoms with Crippen molar-refractivity contribution in [2.24, 2.45) is 0 Å². The molecule has 186 valence electrons. The fraction of sp³-hybridized carbons (Fsp3) is 0.226. The molecule has 2 fully saturated rings. The lowest BCUT2D eigenvalue weighted by molar-refractivity contribution is -0.116. The summed E-state index contributed by atoms with van der Waals surface area (Å²) in [6.45, 7) is 2.60. The molecule has 0 bridgehead atoms. The highest BCUT2D eigenvalue weighted by molar-refractivity contribution is 6.02. The Morgan fingerprint density at radius 1 is 1.00 bits per heavy atom. The highest BCUT2D eigenvalue weighted by atomic mass is 16.5. The number of aromatic nitrogens is 2. The first-order valence-corrected chi connectivity index (χ1v) is 12.8. The molecule has 4 aromatic rings. The van der Waals surface area contributed by atoms with Crippen LogP contribution in [0, 0.1) is 0 Å². The molecule has 2 unspecified atom stereocenters. The van der Waals surface area contributed by atoms with E-state index in [0.29, 0.717) is 12.6 Å². The lowest BCUT2D eigenvalue weighted by Gasteiger charge is -2.18. The van der Waals surface area contributed by atoms with Gasteiger partial charge >= 0.3 is 0 Å². The van der Waals surface area contributed by atoms with Gasteiger partial charge < -0.3 is 15.0 Å². The average molecular weight is 491 g/mol. The number of ether oxygens (including phenoxy) is 1. The van der Waals surface area contributed by atoms with Crippen molar-refractivity contribution < 1.29 is 9.53 Å². The Hall–Kier alpha value is -4.16. The molecular weight excluding hydrogens is 460 g/mol. The fourth-order valence-corrected chi connectivity index (χ4v) is 5.30. The number of H-pyrrole nitrogens is 1. The molecular formula is C31H30N4O2. The van der Waals surface area contributed by atoms with Gasteiger partial charge in [-0.05, 0) is 59.5 Å². The van der Waals surface area contributed by atoms with E-state index in [2.05, 4.69) is 75.0 Å². The highest BCUT2D eigenvalue weighted by Crippen LogP contribution is 2.31. The molecule has 2 atom stereocenters. The molecule has 37 heavy (non-hydrogen) atoms. The summed E-state index contributed by atoms with van der Waals surface area (Å²) in [6.07, 6.45) is 7.52. The summed E-state index contributed by atoms with van der Waals surface area (Å²) >= 11 is 0. The van der Waals surface area contributed by atoms with Gasteiger partial charge in [-0.2, -0.15) is 5.10 Å². The third-order valence-electron chi connectivity index (χ3n) is 7.42. The highest BCUT2D eigenvalue weighted by Gasteiger charge is 2.29. The summed E-state index contributed by atoms with van der Waals surface area (Å²) in [5, 5.41) is 11.7. The van der Waals surface area contributed by atoms with Gasteiger partial charge in [-0.25, -0.2) is 0 Å². The summed E-state index contributed by atoms with van der Waals surface area (Å²) in [6, 6.07) is 25.0. The Labute approximate surface area is 216 Å². The number of fused-ring (bicyclic) bond motifs is 1. The van der Waals surface area contributed by atoms with Gasteiger partial charge in [0.1, 0.15) is 0 Å². The van der Waals surface area contributed by atoms with Crippen LogP contribution in [0.2, 0.25) is 0 Å². The predicted molar refractivity (Wildman–Crippen MR) is 149 cm³/mol. The van der Waals surface area contributed by atoms with Crippen LogP contribution < -0.4 is 10.2 Å². The Kier molecular flexibility index (Phi) is 6.33. The zero-order chi connectivity index (χ0) is 25.2. The maximum atomic E-state index is 12.6. The molecule has 1 amide bonds. The lowest BCUT2D eigenvalue weighted by atomic mass is 9.92. The van der Waals surface area contributed by atoms with Crippen molar-refractivity contribution in [2.75, 3.05) is 31.6 Å². The molecule has 6 heteroatoms. The number of carbonyl (C=O) groups excluding carboxylic acids is 1. The monoisotopic (exact) mass is 490 g/mol. The first-order chi connectivity index (χ1) is 18.2. The number of aromatic amines is 1. The van der Waals surface area contributed by atoms with E-state index < -0.39 is 0 Å². The number of anilines is 1. The van der Waals surface area contributed by atoms with Gasteiger partial charge in [0.05, 0.1) is 17.3 Å². The summed E-state index contributed by atoms with van der Waals surface area (Å²) in [7, 11) is 1.79. The van der Waals surface area contributed by atoms with Crippen LogP contribution in [0.4, 0.5) is 5.69 Å². The number of hydrogen-bond donors (Lipinski definition) is 2. The maximum Gasteiger partial charge on any atom is 0.247 e. The van der Waals surface area contributed by atoms with Gasteiger partial charge in [0.25, 0.3) is 0 Å². The number of rotatable bonds is 6. The third-order valence-corrected chi connectivity index (χ3v) is 7.42. The number of carbonyl (C=O) groups is 1. The van der Waals surface area contributed by atoms with Crippen LogP contribution in [-0.2, 0) is 9.53 Å². The molecule has 0 aliphatic carbocycles. The Bertz CT molecular complexity index is 1470. The summed E-state index contributed by atoms with van der Waals surface area (Å²) < 4.78 is 5.49. The molecule has 2 aliphatic heterocycles. The molecule has 2 saturated heterocycles. The second-order valence-corrected chi connectivity index (χ2v) is 9.70. The minimum Gasteiger partial charge on any atom is -0.380 e. The molecule has 6 nitrogen and oxygen atoms in total. The van der Waals surface area contributed by atoms with Crippen LogP contribution in [0.25, 0.3) is 29.1 Å². The smallest absolute Gasteiger partial charge is 0.247 e. The van der Waals surface area contributed by atoms with Crippen LogP contribution in [0.15, 0.2) is 78.4 Å². The van der Waals surface area contributed by atoms with Gasteiger partial charge in [-0.3, -0.25) is 9.89 Å². The Balaban J connectivity index is 1.19. The summed E-state index contributed by atoms with van der Waals surface area (Å²) in [4.78, 5) is 14.9. The summed E-state index contributed by atoms with van der Waals surface area (Å²) in [5.74, 6) is 0.0550. The van der Waals surface area contributed by atoms with Gasteiger partial charge in [0, 0.05) is 49.3 Å². The minimum absolute atomic E-state index is 0.00329. The molecule has 0 saturated carbocycles. The van der Waals surface area contributed by atoms with E-state index in [1.165, 1.54) is 5.69 Å². The number of hydrogen-bond acceptors (Lipinski definition) is 4. The van der Waals surface area contributed by atoms with Crippen LogP contribution in [0.3, 0.4) is 0 Å². The lowest BCUT2D eigenvalue weighted by Crippen LogP contribution is -2.21. The van der Waals surface area contributed by atoms with E-state index in [9.17, 15) is 4.79 Å². The SMILES string of the molecule is COC1CCN(c2ccc(C=Cc3n[nH]c4cc(/C=C5/C(=O)NCC5c5ccccc5)ccc34)cc2)C1. The molecule has 0 radical (unpaired) electrons. The van der Waals surface area contributed by atoms with Crippen molar-refractivity contribution in [3.8, 4) is 0 Å². The third kappa shape index (κ3) is 4.80. The number of nitrogens with one attached hydrogen (secondary N) is 2. The van der Waals surface area contributed by atoms with E-state index >= 15 is 0 Å². The van der Waals surface area contributed by atoms with Crippen molar-refractivity contribution in [2.45, 2.75) is 18.4 Å². The van der Waals surface area contributed by atoms with Crippen molar-refractivity contribution in [3.63, 3.8) is 0 Å². The maximum absolute atomic E-state index is 12.6. The zero-order valence-electron chi connectivity index (χ0n) is 20.9. The van der Waals surface area contributed by atoms with E-state index in [0.717, 1.165) is 58.4 Å². The molecule has 3 aromatic carbocycles. The largest absolute Gasteiger partial charge is 0.380 e. The van der Waals surface area contributed by atoms with Crippen LogP contribution in [0.1, 0.15) is 34.7 Å². The van der Waals surface area contributed by atoms with Gasteiger partial charge in [0.2, 0.25) is 5.91 Å². The normalized spacial score (nSPS) is 20.9. The molecule has 6 rings (SSSR count). The van der Waals surface area contributed by atoms with E-state index in [4.69, 9.17) is 4.74 Å². The number of methoxy groups -OCH3 is 1. The van der Waals surface area contributed by atoms with Crippen LogP contribution >= 0.6 is 0 Å². The van der Waals surface area contributed by atoms with Crippen molar-refractivity contribution in [3.05, 3.63) is 101 Å². The molecule has 0 spiro atoms. The first-order valence-electron chi connectivity index (χ1n) is 12.8. The Morgan fingerprint density at radius 3 is 2.59 bits per heavy atom. The zero-order valence-corrected chi connectivity index (χ0v) is 20.9. The van der Waals surface area contributed by atoms with E-state index in [-0.39, 0.29) is 11.8 Å². The molecule has 2 N–H and O–H groups in total. The number of amides is 1. The standard InChI is InChI=1S/C31H30N4O2/c1-37-25-15-16-35(20-25)24-11-7-21(8-12-24)10-14-29-26-13-9-22(18-30(26)34-33-29)17-27-28(19-32-31(27)36)23-5-3-2-4-6-23/h2-14,17-18,25,28H,15-16,19-20H2,1H3,(H,32,36)(H,33,34)/b14-10?,27-17+. The van der Waals surface area contributed by atoms with Crippen molar-refractivity contribution >= 4 is 40.7 Å². The van der Waals surface area contributed by atoms with Crippen molar-refractivity contribution in [1.29, 1.82) is 0 Å². The molecule has 2 aliphatic rings. The fourth-order valence-electron chi connectivity index (χ4n) is 5.30.